The smallest absolute Gasteiger partial charge is 0.376 e. The molecule has 0 aromatic carbocycles. The third kappa shape index (κ3) is 1.57. The minimum absolute atomic E-state index is 0.163. The van der Waals surface area contributed by atoms with Crippen molar-refractivity contribution in [1.29, 1.82) is 0 Å². The van der Waals surface area contributed by atoms with Crippen LogP contribution >= 0.6 is 0 Å². The summed E-state index contributed by atoms with van der Waals surface area (Å²) >= 11 is 0. The van der Waals surface area contributed by atoms with E-state index in [1.165, 1.54) is 0 Å². The first-order chi connectivity index (χ1) is 6.61. The average Bonchev–Trinajstić information content (AvgIpc) is 2.14. The summed E-state index contributed by atoms with van der Waals surface area (Å²) in [5.74, 6) is 0. The highest BCUT2D eigenvalue weighted by Crippen LogP contribution is 2.35. The molecule has 2 aliphatic heterocycles. The van der Waals surface area contributed by atoms with E-state index in [1.807, 2.05) is 4.81 Å². The van der Waals surface area contributed by atoms with Crippen LogP contribution in [0.4, 0.5) is 4.39 Å². The molecule has 0 aliphatic carbocycles. The van der Waals surface area contributed by atoms with Crippen LogP contribution in [0.2, 0.25) is 6.82 Å². The maximum atomic E-state index is 13.7. The number of alkyl halides is 1. The van der Waals surface area contributed by atoms with Gasteiger partial charge in [-0.3, -0.25) is 0 Å². The molecule has 2 aliphatic rings. The number of piperidine rings is 2. The van der Waals surface area contributed by atoms with Crippen LogP contribution in [0.1, 0.15) is 25.7 Å². The number of aliphatic hydroxyl groups excluding tert-OH is 1. The van der Waals surface area contributed by atoms with Gasteiger partial charge in [0.05, 0.1) is 6.10 Å². The summed E-state index contributed by atoms with van der Waals surface area (Å²) in [5.41, 5.74) is 0. The van der Waals surface area contributed by atoms with Crippen LogP contribution in [0.5, 0.6) is 0 Å². The van der Waals surface area contributed by atoms with Crippen molar-refractivity contribution in [2.45, 2.75) is 56.9 Å². The Morgan fingerprint density at radius 1 is 1.43 bits per heavy atom. The van der Waals surface area contributed by atoms with E-state index in [4.69, 9.17) is 0 Å². The first-order valence-corrected chi connectivity index (χ1v) is 5.39. The quantitative estimate of drug-likeness (QED) is 0.604. The van der Waals surface area contributed by atoms with Gasteiger partial charge < -0.3 is 14.9 Å². The maximum Gasteiger partial charge on any atom is 0.376 e. The highest BCUT2D eigenvalue weighted by atomic mass is 19.1. The average molecular weight is 201 g/mol. The molecule has 0 aromatic rings. The first-order valence-electron chi connectivity index (χ1n) is 5.39. The molecule has 2 heterocycles. The van der Waals surface area contributed by atoms with Crippen LogP contribution in [-0.4, -0.2) is 46.4 Å². The Hall–Kier alpha value is -0.125. The Balaban J connectivity index is 2.18. The van der Waals surface area contributed by atoms with Crippen molar-refractivity contribution in [3.05, 3.63) is 0 Å². The zero-order valence-electron chi connectivity index (χ0n) is 8.43. The van der Waals surface area contributed by atoms with Crippen molar-refractivity contribution >= 4 is 7.05 Å². The highest BCUT2D eigenvalue weighted by Gasteiger charge is 2.46. The van der Waals surface area contributed by atoms with Gasteiger partial charge in [0.2, 0.25) is 0 Å². The second-order valence-corrected chi connectivity index (χ2v) is 4.48. The third-order valence-corrected chi connectivity index (χ3v) is 3.52. The number of hydrogen-bond acceptors (Lipinski definition) is 3. The number of fused-ring (bicyclic) bond motifs is 2. The molecular formula is C9H17BFNO2. The summed E-state index contributed by atoms with van der Waals surface area (Å²) < 4.78 is 13.7. The maximum absolute atomic E-state index is 13.7. The SMILES string of the molecule is CB(O)N1C2CCCC1[C@H](F)[C@H](O)C2. The summed E-state index contributed by atoms with van der Waals surface area (Å²) in [6.45, 7) is 1.68. The van der Waals surface area contributed by atoms with E-state index >= 15 is 0 Å². The largest absolute Gasteiger partial charge is 0.437 e. The molecule has 2 bridgehead atoms. The fourth-order valence-corrected chi connectivity index (χ4v) is 2.94. The summed E-state index contributed by atoms with van der Waals surface area (Å²) in [5, 5.41) is 19.1. The van der Waals surface area contributed by atoms with Crippen LogP contribution < -0.4 is 0 Å². The Kier molecular flexibility index (Phi) is 2.82. The summed E-state index contributed by atoms with van der Waals surface area (Å²) in [6.07, 6.45) is 1.15. The molecule has 4 atom stereocenters. The molecular weight excluding hydrogens is 184 g/mol. The topological polar surface area (TPSA) is 43.7 Å². The van der Waals surface area contributed by atoms with Crippen molar-refractivity contribution in [2.24, 2.45) is 0 Å². The summed E-state index contributed by atoms with van der Waals surface area (Å²) in [4.78, 5) is 1.83. The van der Waals surface area contributed by atoms with Crippen LogP contribution in [-0.2, 0) is 0 Å². The molecule has 0 spiro atoms. The molecule has 0 saturated carbocycles. The zero-order valence-corrected chi connectivity index (χ0v) is 8.43. The second kappa shape index (κ2) is 3.79. The van der Waals surface area contributed by atoms with Gasteiger partial charge in [0.15, 0.2) is 0 Å². The molecule has 80 valence electrons. The fourth-order valence-electron chi connectivity index (χ4n) is 2.94. The van der Waals surface area contributed by atoms with Gasteiger partial charge in [0.1, 0.15) is 6.17 Å². The predicted molar refractivity (Wildman–Crippen MR) is 52.6 cm³/mol. The van der Waals surface area contributed by atoms with Gasteiger partial charge >= 0.3 is 7.05 Å². The number of rotatable bonds is 1. The predicted octanol–water partition coefficient (Wildman–Crippen LogP) is 0.422. The Bertz CT molecular complexity index is 217. The number of aliphatic hydroxyl groups is 1. The van der Waals surface area contributed by atoms with Gasteiger partial charge in [0.25, 0.3) is 0 Å². The normalized spacial score (nSPS) is 43.7. The second-order valence-electron chi connectivity index (χ2n) is 4.48. The third-order valence-electron chi connectivity index (χ3n) is 3.52. The lowest BCUT2D eigenvalue weighted by Crippen LogP contribution is -2.63. The Morgan fingerprint density at radius 2 is 2.14 bits per heavy atom. The fraction of sp³-hybridized carbons (Fsp3) is 1.00. The minimum atomic E-state index is -1.19. The molecule has 0 aromatic heterocycles. The lowest BCUT2D eigenvalue weighted by molar-refractivity contribution is -0.0550. The van der Waals surface area contributed by atoms with Crippen LogP contribution in [0.3, 0.4) is 0 Å². The van der Waals surface area contributed by atoms with Crippen molar-refractivity contribution in [3.63, 3.8) is 0 Å². The number of halogens is 1. The van der Waals surface area contributed by atoms with Crippen molar-refractivity contribution in [3.8, 4) is 0 Å². The first kappa shape index (κ1) is 10.4. The van der Waals surface area contributed by atoms with Crippen LogP contribution in [0, 0.1) is 0 Å². The molecule has 2 rings (SSSR count). The van der Waals surface area contributed by atoms with E-state index in [0.717, 1.165) is 19.3 Å². The molecule has 0 amide bonds. The van der Waals surface area contributed by atoms with Crippen LogP contribution in [0.25, 0.3) is 0 Å². The van der Waals surface area contributed by atoms with Crippen LogP contribution in [0.15, 0.2) is 0 Å². The van der Waals surface area contributed by atoms with Crippen molar-refractivity contribution in [2.75, 3.05) is 0 Å². The molecule has 2 unspecified atom stereocenters. The molecule has 3 nitrogen and oxygen atoms in total. The van der Waals surface area contributed by atoms with Gasteiger partial charge in [0, 0.05) is 12.1 Å². The van der Waals surface area contributed by atoms with Gasteiger partial charge in [-0.2, -0.15) is 0 Å². The minimum Gasteiger partial charge on any atom is -0.437 e. The van der Waals surface area contributed by atoms with Crippen molar-refractivity contribution in [1.82, 2.24) is 4.81 Å². The number of nitrogens with zero attached hydrogens (tertiary/aromatic N) is 1. The molecule has 2 fully saturated rings. The van der Waals surface area contributed by atoms with E-state index in [-0.39, 0.29) is 12.1 Å². The summed E-state index contributed by atoms with van der Waals surface area (Å²) in [6, 6.07) is -0.117. The van der Waals surface area contributed by atoms with E-state index in [1.54, 1.807) is 6.82 Å². The van der Waals surface area contributed by atoms with Crippen molar-refractivity contribution < 1.29 is 14.5 Å². The highest BCUT2D eigenvalue weighted by molar-refractivity contribution is 6.45. The Labute approximate surface area is 84.0 Å². The van der Waals surface area contributed by atoms with Gasteiger partial charge in [-0.25, -0.2) is 4.39 Å². The molecule has 14 heavy (non-hydrogen) atoms. The monoisotopic (exact) mass is 201 g/mol. The molecule has 2 N–H and O–H groups in total. The van der Waals surface area contributed by atoms with E-state index in [9.17, 15) is 14.5 Å². The lowest BCUT2D eigenvalue weighted by Gasteiger charge is -2.50. The zero-order chi connectivity index (χ0) is 10.3. The number of hydrogen-bond donors (Lipinski definition) is 2. The van der Waals surface area contributed by atoms with E-state index in [0.29, 0.717) is 6.42 Å². The molecule has 2 saturated heterocycles. The molecule has 5 heteroatoms. The van der Waals surface area contributed by atoms with E-state index < -0.39 is 19.3 Å². The van der Waals surface area contributed by atoms with E-state index in [2.05, 4.69) is 0 Å². The summed E-state index contributed by atoms with van der Waals surface area (Å²) in [7, 11) is -0.601. The lowest BCUT2D eigenvalue weighted by atomic mass is 9.71. The Morgan fingerprint density at radius 3 is 2.79 bits per heavy atom. The van der Waals surface area contributed by atoms with Gasteiger partial charge in [-0.05, 0) is 26.1 Å². The molecule has 0 radical (unpaired) electrons. The standard InChI is InChI=1S/C9H17BFNO2/c1-10(14)12-6-3-2-4-7(12)9(11)8(13)5-6/h6-9,13-14H,2-5H2,1H3/t6?,7?,8-,9+/m1/s1. The van der Waals surface area contributed by atoms with Gasteiger partial charge in [-0.15, -0.1) is 0 Å². The van der Waals surface area contributed by atoms with Gasteiger partial charge in [-0.1, -0.05) is 6.42 Å².